The lowest BCUT2D eigenvalue weighted by molar-refractivity contribution is 0.587. The van der Waals surface area contributed by atoms with E-state index in [9.17, 15) is 4.39 Å². The first kappa shape index (κ1) is 13.7. The minimum absolute atomic E-state index is 0.170. The topological polar surface area (TPSA) is 29.9 Å². The zero-order valence-corrected chi connectivity index (χ0v) is 11.7. The highest BCUT2D eigenvalue weighted by atomic mass is 19.1. The molecule has 1 heterocycles. The summed E-state index contributed by atoms with van der Waals surface area (Å²) in [5, 5.41) is 7.37. The molecular formula is C15H20FN3. The van der Waals surface area contributed by atoms with Gasteiger partial charge in [0.1, 0.15) is 5.82 Å². The zero-order valence-electron chi connectivity index (χ0n) is 11.7. The number of hydrogen-bond acceptors (Lipinski definition) is 2. The highest BCUT2D eigenvalue weighted by molar-refractivity contribution is 5.66. The Balaban J connectivity index is 2.38. The highest BCUT2D eigenvalue weighted by Gasteiger charge is 2.10. The average molecular weight is 261 g/mol. The summed E-state index contributed by atoms with van der Waals surface area (Å²) in [6, 6.07) is 5.24. The second-order valence-corrected chi connectivity index (χ2v) is 4.70. The van der Waals surface area contributed by atoms with Crippen molar-refractivity contribution >= 4 is 0 Å². The molecule has 0 aliphatic rings. The Morgan fingerprint density at radius 2 is 2.16 bits per heavy atom. The van der Waals surface area contributed by atoms with Crippen molar-refractivity contribution in [2.75, 3.05) is 7.05 Å². The van der Waals surface area contributed by atoms with Gasteiger partial charge in [0.15, 0.2) is 0 Å². The quantitative estimate of drug-likeness (QED) is 0.896. The zero-order chi connectivity index (χ0) is 13.8. The first-order valence-electron chi connectivity index (χ1n) is 6.63. The molecule has 2 rings (SSSR count). The lowest BCUT2D eigenvalue weighted by Crippen LogP contribution is -2.07. The number of hydrogen-bond donors (Lipinski definition) is 1. The smallest absolute Gasteiger partial charge is 0.127 e. The fraction of sp³-hybridized carbons (Fsp3) is 0.400. The summed E-state index contributed by atoms with van der Waals surface area (Å²) in [4.78, 5) is 0. The molecular weight excluding hydrogens is 241 g/mol. The molecule has 2 aromatic rings. The summed E-state index contributed by atoms with van der Waals surface area (Å²) in [5.74, 6) is -0.170. The second kappa shape index (κ2) is 5.97. The van der Waals surface area contributed by atoms with Crippen molar-refractivity contribution in [2.45, 2.75) is 33.4 Å². The van der Waals surface area contributed by atoms with E-state index in [-0.39, 0.29) is 5.82 Å². The van der Waals surface area contributed by atoms with E-state index in [2.05, 4.69) is 24.3 Å². The Morgan fingerprint density at radius 1 is 1.37 bits per heavy atom. The molecule has 0 radical (unpaired) electrons. The van der Waals surface area contributed by atoms with Gasteiger partial charge in [-0.05, 0) is 38.1 Å². The van der Waals surface area contributed by atoms with Crippen molar-refractivity contribution < 1.29 is 4.39 Å². The molecule has 0 fully saturated rings. The van der Waals surface area contributed by atoms with Crippen LogP contribution in [-0.4, -0.2) is 16.8 Å². The molecule has 19 heavy (non-hydrogen) atoms. The van der Waals surface area contributed by atoms with Crippen molar-refractivity contribution in [3.63, 3.8) is 0 Å². The monoisotopic (exact) mass is 261 g/mol. The van der Waals surface area contributed by atoms with E-state index >= 15 is 0 Å². The van der Waals surface area contributed by atoms with Crippen molar-refractivity contribution in [1.29, 1.82) is 0 Å². The van der Waals surface area contributed by atoms with E-state index in [0.29, 0.717) is 12.1 Å². The van der Waals surface area contributed by atoms with Crippen LogP contribution in [0, 0.1) is 12.7 Å². The normalized spacial score (nSPS) is 10.9. The summed E-state index contributed by atoms with van der Waals surface area (Å²) in [6.45, 7) is 5.63. The van der Waals surface area contributed by atoms with E-state index < -0.39 is 0 Å². The Kier molecular flexibility index (Phi) is 4.32. The predicted octanol–water partition coefficient (Wildman–Crippen LogP) is 3.13. The number of benzene rings is 1. The van der Waals surface area contributed by atoms with Crippen molar-refractivity contribution in [3.8, 4) is 11.1 Å². The van der Waals surface area contributed by atoms with Crippen LogP contribution < -0.4 is 5.32 Å². The minimum Gasteiger partial charge on any atom is -0.316 e. The van der Waals surface area contributed by atoms with Gasteiger partial charge in [-0.1, -0.05) is 13.0 Å². The van der Waals surface area contributed by atoms with E-state index in [0.717, 1.165) is 29.8 Å². The SMILES string of the molecule is CCCn1ncc(-c2ccc(F)c(CNC)c2)c1C. The summed E-state index contributed by atoms with van der Waals surface area (Å²) < 4.78 is 15.6. The molecule has 0 spiro atoms. The fourth-order valence-corrected chi connectivity index (χ4v) is 2.24. The molecule has 0 saturated heterocycles. The summed E-state index contributed by atoms with van der Waals surface area (Å²) in [5.41, 5.74) is 3.91. The van der Waals surface area contributed by atoms with Gasteiger partial charge in [-0.3, -0.25) is 4.68 Å². The van der Waals surface area contributed by atoms with Gasteiger partial charge in [0.2, 0.25) is 0 Å². The summed E-state index contributed by atoms with van der Waals surface area (Å²) in [6.07, 6.45) is 2.91. The molecule has 0 atom stereocenters. The molecule has 1 N–H and O–H groups in total. The number of nitrogens with one attached hydrogen (secondary N) is 1. The molecule has 1 aromatic heterocycles. The van der Waals surface area contributed by atoms with Gasteiger partial charge in [0, 0.05) is 29.9 Å². The van der Waals surface area contributed by atoms with Crippen LogP contribution in [0.5, 0.6) is 0 Å². The molecule has 3 nitrogen and oxygen atoms in total. The van der Waals surface area contributed by atoms with Gasteiger partial charge in [-0.15, -0.1) is 0 Å². The lowest BCUT2D eigenvalue weighted by atomic mass is 10.0. The summed E-state index contributed by atoms with van der Waals surface area (Å²) >= 11 is 0. The second-order valence-electron chi connectivity index (χ2n) is 4.70. The Morgan fingerprint density at radius 3 is 2.84 bits per heavy atom. The molecule has 0 amide bonds. The fourth-order valence-electron chi connectivity index (χ4n) is 2.24. The molecule has 4 heteroatoms. The molecule has 0 aliphatic heterocycles. The number of aryl methyl sites for hydroxylation is 1. The summed E-state index contributed by atoms with van der Waals surface area (Å²) in [7, 11) is 1.82. The Labute approximate surface area is 113 Å². The predicted molar refractivity (Wildman–Crippen MR) is 75.4 cm³/mol. The number of nitrogens with zero attached hydrogens (tertiary/aromatic N) is 2. The van der Waals surface area contributed by atoms with Crippen LogP contribution >= 0.6 is 0 Å². The van der Waals surface area contributed by atoms with Crippen molar-refractivity contribution in [3.05, 3.63) is 41.5 Å². The Hall–Kier alpha value is -1.68. The van der Waals surface area contributed by atoms with Gasteiger partial charge in [-0.25, -0.2) is 4.39 Å². The molecule has 102 valence electrons. The molecule has 0 aliphatic carbocycles. The van der Waals surface area contributed by atoms with E-state index in [1.165, 1.54) is 6.07 Å². The van der Waals surface area contributed by atoms with Crippen LogP contribution in [-0.2, 0) is 13.1 Å². The van der Waals surface area contributed by atoms with E-state index in [1.54, 1.807) is 0 Å². The average Bonchev–Trinajstić information content (AvgIpc) is 2.75. The van der Waals surface area contributed by atoms with Gasteiger partial charge in [0.05, 0.1) is 6.20 Å². The van der Waals surface area contributed by atoms with Crippen LogP contribution in [0.25, 0.3) is 11.1 Å². The van der Waals surface area contributed by atoms with Gasteiger partial charge >= 0.3 is 0 Å². The maximum atomic E-state index is 13.6. The third-order valence-electron chi connectivity index (χ3n) is 3.26. The lowest BCUT2D eigenvalue weighted by Gasteiger charge is -2.07. The molecule has 1 aromatic carbocycles. The maximum absolute atomic E-state index is 13.6. The first-order valence-corrected chi connectivity index (χ1v) is 6.63. The van der Waals surface area contributed by atoms with Crippen LogP contribution in [0.4, 0.5) is 4.39 Å². The minimum atomic E-state index is -0.170. The van der Waals surface area contributed by atoms with E-state index in [1.807, 2.05) is 30.1 Å². The number of aromatic nitrogens is 2. The highest BCUT2D eigenvalue weighted by Crippen LogP contribution is 2.25. The third-order valence-corrected chi connectivity index (χ3v) is 3.26. The Bertz CT molecular complexity index is 561. The van der Waals surface area contributed by atoms with Crippen LogP contribution in [0.2, 0.25) is 0 Å². The molecule has 0 bridgehead atoms. The number of halogens is 1. The molecule has 0 saturated carbocycles. The third kappa shape index (κ3) is 2.84. The van der Waals surface area contributed by atoms with Gasteiger partial charge in [-0.2, -0.15) is 5.10 Å². The molecule has 0 unspecified atom stereocenters. The first-order chi connectivity index (χ1) is 9.17. The number of rotatable bonds is 5. The standard InChI is InChI=1S/C15H20FN3/c1-4-7-19-11(2)14(10-18-19)12-5-6-15(16)13(8-12)9-17-3/h5-6,8,10,17H,4,7,9H2,1-3H3. The van der Waals surface area contributed by atoms with Crippen molar-refractivity contribution in [2.24, 2.45) is 0 Å². The van der Waals surface area contributed by atoms with E-state index in [4.69, 9.17) is 0 Å². The van der Waals surface area contributed by atoms with Crippen LogP contribution in [0.15, 0.2) is 24.4 Å². The largest absolute Gasteiger partial charge is 0.316 e. The van der Waals surface area contributed by atoms with Crippen LogP contribution in [0.1, 0.15) is 24.6 Å². The van der Waals surface area contributed by atoms with Gasteiger partial charge in [0.25, 0.3) is 0 Å². The maximum Gasteiger partial charge on any atom is 0.127 e. The van der Waals surface area contributed by atoms with Crippen molar-refractivity contribution in [1.82, 2.24) is 15.1 Å². The van der Waals surface area contributed by atoms with Crippen LogP contribution in [0.3, 0.4) is 0 Å². The van der Waals surface area contributed by atoms with Gasteiger partial charge < -0.3 is 5.32 Å².